The van der Waals surface area contributed by atoms with Crippen LogP contribution in [0, 0.1) is 6.92 Å². The number of benzene rings is 1. The number of H-pyrrole nitrogens is 2. The molecule has 1 aliphatic carbocycles. The number of aliphatic hydroxyl groups excluding tert-OH is 1. The number of aliphatic hydroxyl groups is 1. The van der Waals surface area contributed by atoms with Gasteiger partial charge in [-0.1, -0.05) is 6.07 Å². The Hall–Kier alpha value is -2.90. The normalized spacial score (nSPS) is 19.9. The highest BCUT2D eigenvalue weighted by molar-refractivity contribution is 5.95. The molecule has 0 unspecified atom stereocenters. The monoisotopic (exact) mass is 404 g/mol. The van der Waals surface area contributed by atoms with Gasteiger partial charge in [-0.3, -0.25) is 4.90 Å². The van der Waals surface area contributed by atoms with Crippen LogP contribution in [0.2, 0.25) is 0 Å². The van der Waals surface area contributed by atoms with E-state index in [9.17, 15) is 5.11 Å². The quantitative estimate of drug-likeness (QED) is 0.415. The van der Waals surface area contributed by atoms with Crippen molar-refractivity contribution in [1.29, 1.82) is 0 Å². The number of nitrogens with two attached hydrogens (primary N) is 1. The lowest BCUT2D eigenvalue weighted by atomic mass is 9.92. The van der Waals surface area contributed by atoms with Gasteiger partial charge in [0, 0.05) is 34.7 Å². The summed E-state index contributed by atoms with van der Waals surface area (Å²) in [5.74, 6) is 1.28. The molecule has 0 radical (unpaired) electrons. The number of nitrogens with zero attached hydrogens (tertiary/aromatic N) is 3. The second-order valence-corrected chi connectivity index (χ2v) is 8.60. The maximum atomic E-state index is 9.76. The number of fused-ring (bicyclic) bond motifs is 2. The fourth-order valence-corrected chi connectivity index (χ4v) is 4.68. The first-order chi connectivity index (χ1) is 14.5. The van der Waals surface area contributed by atoms with Crippen molar-refractivity contribution in [2.75, 3.05) is 12.8 Å². The van der Waals surface area contributed by atoms with Gasteiger partial charge in [0.05, 0.1) is 11.6 Å². The number of nitrogens with one attached hydrogen (secondary N) is 2. The summed E-state index contributed by atoms with van der Waals surface area (Å²) in [4.78, 5) is 18.0. The molecule has 156 valence electrons. The van der Waals surface area contributed by atoms with Crippen molar-refractivity contribution in [3.8, 4) is 11.3 Å². The SMILES string of the molecule is Cc1nc2nc(N)cc(-c3cc4cc(CN(C)C5CCC(O)CC5)ccc4[nH]3)c2[nH]1. The molecule has 1 fully saturated rings. The Balaban J connectivity index is 1.43. The average molecular weight is 405 g/mol. The van der Waals surface area contributed by atoms with Crippen LogP contribution >= 0.6 is 0 Å². The predicted octanol–water partition coefficient (Wildman–Crippen LogP) is 3.73. The molecule has 0 saturated heterocycles. The van der Waals surface area contributed by atoms with Crippen molar-refractivity contribution < 1.29 is 5.11 Å². The summed E-state index contributed by atoms with van der Waals surface area (Å²) in [5.41, 5.74) is 11.9. The number of aromatic amines is 2. The summed E-state index contributed by atoms with van der Waals surface area (Å²) in [6.45, 7) is 2.83. The van der Waals surface area contributed by atoms with Crippen LogP contribution in [0.3, 0.4) is 0 Å². The summed E-state index contributed by atoms with van der Waals surface area (Å²) < 4.78 is 0. The van der Waals surface area contributed by atoms with E-state index in [0.29, 0.717) is 17.5 Å². The summed E-state index contributed by atoms with van der Waals surface area (Å²) >= 11 is 0. The Kier molecular flexibility index (Phi) is 4.72. The minimum Gasteiger partial charge on any atom is -0.393 e. The fraction of sp³-hybridized carbons (Fsp3) is 0.391. The number of aryl methyl sites for hydroxylation is 1. The molecule has 5 rings (SSSR count). The zero-order valence-electron chi connectivity index (χ0n) is 17.4. The minimum atomic E-state index is -0.114. The Labute approximate surface area is 175 Å². The second-order valence-electron chi connectivity index (χ2n) is 8.60. The highest BCUT2D eigenvalue weighted by Gasteiger charge is 2.22. The van der Waals surface area contributed by atoms with Crippen molar-refractivity contribution in [2.24, 2.45) is 0 Å². The van der Waals surface area contributed by atoms with Crippen molar-refractivity contribution in [3.63, 3.8) is 0 Å². The first-order valence-electron chi connectivity index (χ1n) is 10.6. The molecule has 3 aromatic heterocycles. The van der Waals surface area contributed by atoms with Crippen LogP contribution < -0.4 is 5.73 Å². The molecular weight excluding hydrogens is 376 g/mol. The van der Waals surface area contributed by atoms with Crippen LogP contribution in [0.15, 0.2) is 30.3 Å². The van der Waals surface area contributed by atoms with Crippen LogP contribution in [-0.4, -0.2) is 49.1 Å². The van der Waals surface area contributed by atoms with Crippen LogP contribution in [0.5, 0.6) is 0 Å². The van der Waals surface area contributed by atoms with Gasteiger partial charge in [0.25, 0.3) is 0 Å². The molecule has 5 N–H and O–H groups in total. The lowest BCUT2D eigenvalue weighted by Gasteiger charge is -2.33. The van der Waals surface area contributed by atoms with E-state index in [-0.39, 0.29) is 6.10 Å². The lowest BCUT2D eigenvalue weighted by Crippen LogP contribution is -2.35. The van der Waals surface area contributed by atoms with E-state index in [1.165, 1.54) is 10.9 Å². The summed E-state index contributed by atoms with van der Waals surface area (Å²) in [5, 5.41) is 10.9. The van der Waals surface area contributed by atoms with Crippen LogP contribution in [0.1, 0.15) is 37.1 Å². The van der Waals surface area contributed by atoms with Gasteiger partial charge in [-0.25, -0.2) is 9.97 Å². The lowest BCUT2D eigenvalue weighted by molar-refractivity contribution is 0.0818. The molecular formula is C23H28N6O. The van der Waals surface area contributed by atoms with E-state index in [2.05, 4.69) is 56.1 Å². The topological polar surface area (TPSA) is 107 Å². The first kappa shape index (κ1) is 19.1. The Bertz CT molecular complexity index is 1200. The number of hydrogen-bond acceptors (Lipinski definition) is 5. The molecule has 0 atom stereocenters. The van der Waals surface area contributed by atoms with E-state index in [1.54, 1.807) is 0 Å². The van der Waals surface area contributed by atoms with E-state index in [4.69, 9.17) is 5.73 Å². The van der Waals surface area contributed by atoms with E-state index in [1.807, 2.05) is 13.0 Å². The molecule has 3 heterocycles. The molecule has 0 spiro atoms. The largest absolute Gasteiger partial charge is 0.393 e. The average Bonchev–Trinajstić information content (AvgIpc) is 3.29. The highest BCUT2D eigenvalue weighted by atomic mass is 16.3. The van der Waals surface area contributed by atoms with Gasteiger partial charge in [0.2, 0.25) is 0 Å². The van der Waals surface area contributed by atoms with Crippen molar-refractivity contribution in [1.82, 2.24) is 24.8 Å². The van der Waals surface area contributed by atoms with Crippen molar-refractivity contribution >= 4 is 27.9 Å². The summed E-state index contributed by atoms with van der Waals surface area (Å²) in [7, 11) is 2.19. The Morgan fingerprint density at radius 2 is 1.90 bits per heavy atom. The molecule has 1 saturated carbocycles. The summed E-state index contributed by atoms with van der Waals surface area (Å²) in [6, 6.07) is 11.2. The maximum Gasteiger partial charge on any atom is 0.180 e. The number of nitrogen functional groups attached to an aromatic ring is 1. The third-order valence-corrected chi connectivity index (χ3v) is 6.30. The van der Waals surface area contributed by atoms with Gasteiger partial charge in [-0.05, 0) is 69.5 Å². The predicted molar refractivity (Wildman–Crippen MR) is 120 cm³/mol. The van der Waals surface area contributed by atoms with Gasteiger partial charge in [0.15, 0.2) is 5.65 Å². The Morgan fingerprint density at radius 3 is 2.70 bits per heavy atom. The zero-order valence-corrected chi connectivity index (χ0v) is 17.4. The van der Waals surface area contributed by atoms with E-state index < -0.39 is 0 Å². The molecule has 0 bridgehead atoms. The van der Waals surface area contributed by atoms with Crippen LogP contribution in [0.25, 0.3) is 33.3 Å². The summed E-state index contributed by atoms with van der Waals surface area (Å²) in [6.07, 6.45) is 3.84. The van der Waals surface area contributed by atoms with Gasteiger partial charge < -0.3 is 20.8 Å². The van der Waals surface area contributed by atoms with Crippen molar-refractivity contribution in [3.05, 3.63) is 41.7 Å². The molecule has 1 aromatic carbocycles. The fourth-order valence-electron chi connectivity index (χ4n) is 4.68. The molecule has 1 aliphatic rings. The van der Waals surface area contributed by atoms with E-state index in [0.717, 1.165) is 60.3 Å². The molecule has 0 aliphatic heterocycles. The molecule has 0 amide bonds. The first-order valence-corrected chi connectivity index (χ1v) is 10.6. The third-order valence-electron chi connectivity index (χ3n) is 6.30. The van der Waals surface area contributed by atoms with Gasteiger partial charge >= 0.3 is 0 Å². The van der Waals surface area contributed by atoms with Crippen LogP contribution in [-0.2, 0) is 6.54 Å². The third kappa shape index (κ3) is 3.55. The molecule has 4 aromatic rings. The van der Waals surface area contributed by atoms with E-state index >= 15 is 0 Å². The van der Waals surface area contributed by atoms with Gasteiger partial charge in [-0.2, -0.15) is 0 Å². The standard InChI is InChI=1S/C23H28N6O/c1-13-25-22-18(11-21(24)28-23(22)26-13)20-10-15-9-14(3-8-19(15)27-20)12-29(2)16-4-6-17(30)7-5-16/h3,8-11,16-17,27,30H,4-7,12H2,1-2H3,(H3,24,25,26,28). The molecule has 7 nitrogen and oxygen atoms in total. The Morgan fingerprint density at radius 1 is 1.10 bits per heavy atom. The number of anilines is 1. The minimum absolute atomic E-state index is 0.114. The number of aromatic nitrogens is 4. The van der Waals surface area contributed by atoms with Gasteiger partial charge in [-0.15, -0.1) is 0 Å². The number of pyridine rings is 1. The van der Waals surface area contributed by atoms with Crippen LogP contribution in [0.4, 0.5) is 5.82 Å². The molecule has 30 heavy (non-hydrogen) atoms. The molecule has 7 heteroatoms. The highest BCUT2D eigenvalue weighted by Crippen LogP contribution is 2.31. The second kappa shape index (κ2) is 7.41. The van der Waals surface area contributed by atoms with Crippen molar-refractivity contribution in [2.45, 2.75) is 51.3 Å². The number of rotatable bonds is 4. The number of imidazole rings is 1. The zero-order chi connectivity index (χ0) is 20.8. The smallest absolute Gasteiger partial charge is 0.180 e. The van der Waals surface area contributed by atoms with Gasteiger partial charge in [0.1, 0.15) is 11.6 Å². The number of hydrogen-bond donors (Lipinski definition) is 4. The maximum absolute atomic E-state index is 9.76.